The van der Waals surface area contributed by atoms with Crippen molar-refractivity contribution in [2.24, 2.45) is 5.92 Å². The van der Waals surface area contributed by atoms with E-state index < -0.39 is 0 Å². The Labute approximate surface area is 120 Å². The fourth-order valence-corrected chi connectivity index (χ4v) is 1.87. The molecule has 1 N–H and O–H groups in total. The minimum absolute atomic E-state index is 0.0228. The van der Waals surface area contributed by atoms with E-state index in [1.807, 2.05) is 26.8 Å². The highest BCUT2D eigenvalue weighted by Gasteiger charge is 2.18. The summed E-state index contributed by atoms with van der Waals surface area (Å²) in [5.41, 5.74) is 0.537. The predicted octanol–water partition coefficient (Wildman–Crippen LogP) is 2.66. The Bertz CT molecular complexity index is 389. The monoisotopic (exact) mass is 280 g/mol. The molecule has 0 saturated carbocycles. The summed E-state index contributed by atoms with van der Waals surface area (Å²) in [6.45, 7) is 6.26. The van der Waals surface area contributed by atoms with Crippen molar-refractivity contribution in [2.45, 2.75) is 39.4 Å². The van der Waals surface area contributed by atoms with Crippen LogP contribution < -0.4 is 0 Å². The zero-order valence-corrected chi connectivity index (χ0v) is 12.4. The van der Waals surface area contributed by atoms with Gasteiger partial charge in [-0.3, -0.25) is 0 Å². The number of carbonyl (C=O) groups excluding carboxylic acids is 1. The molecule has 0 radical (unpaired) electrons. The maximum Gasteiger partial charge on any atom is 0.338 e. The van der Waals surface area contributed by atoms with Gasteiger partial charge >= 0.3 is 5.97 Å². The zero-order valence-electron chi connectivity index (χ0n) is 12.4. The van der Waals surface area contributed by atoms with Gasteiger partial charge in [-0.25, -0.2) is 4.79 Å². The van der Waals surface area contributed by atoms with Crippen LogP contribution in [0, 0.1) is 5.92 Å². The number of aliphatic hydroxyl groups excluding tert-OH is 1. The summed E-state index contributed by atoms with van der Waals surface area (Å²) in [6.07, 6.45) is 0.376. The molecular formula is C16H24O4. The van der Waals surface area contributed by atoms with E-state index in [-0.39, 0.29) is 31.4 Å². The van der Waals surface area contributed by atoms with Crippen LogP contribution in [0.2, 0.25) is 0 Å². The third-order valence-corrected chi connectivity index (χ3v) is 3.02. The maximum atomic E-state index is 11.8. The lowest BCUT2D eigenvalue weighted by Crippen LogP contribution is -2.29. The second-order valence-electron chi connectivity index (χ2n) is 5.21. The Morgan fingerprint density at radius 3 is 2.40 bits per heavy atom. The molecule has 4 nitrogen and oxygen atoms in total. The van der Waals surface area contributed by atoms with Gasteiger partial charge in [0.2, 0.25) is 0 Å². The summed E-state index contributed by atoms with van der Waals surface area (Å²) in [5, 5.41) is 9.00. The van der Waals surface area contributed by atoms with E-state index in [9.17, 15) is 4.79 Å². The third kappa shape index (κ3) is 5.72. The lowest BCUT2D eigenvalue weighted by molar-refractivity contribution is -0.0630. The number of carbonyl (C=O) groups is 1. The van der Waals surface area contributed by atoms with E-state index in [0.29, 0.717) is 17.9 Å². The first-order valence-corrected chi connectivity index (χ1v) is 7.03. The van der Waals surface area contributed by atoms with Gasteiger partial charge in [-0.05, 0) is 31.4 Å². The Morgan fingerprint density at radius 1 is 1.20 bits per heavy atom. The standard InChI is InChI=1S/C16H24O4/c1-12(2)15(9-10-17)20-13(3)11-19-16(18)14-7-5-4-6-8-14/h4-8,12-13,15,17H,9-11H2,1-3H3/t13-,15?/m0/s1. The minimum Gasteiger partial charge on any atom is -0.459 e. The van der Waals surface area contributed by atoms with Crippen LogP contribution in [0.25, 0.3) is 0 Å². The highest BCUT2D eigenvalue weighted by atomic mass is 16.6. The van der Waals surface area contributed by atoms with Gasteiger partial charge in [0.25, 0.3) is 0 Å². The Morgan fingerprint density at radius 2 is 1.85 bits per heavy atom. The largest absolute Gasteiger partial charge is 0.459 e. The fraction of sp³-hybridized carbons (Fsp3) is 0.562. The zero-order chi connectivity index (χ0) is 15.0. The van der Waals surface area contributed by atoms with Gasteiger partial charge in [0.05, 0.1) is 17.8 Å². The van der Waals surface area contributed by atoms with Gasteiger partial charge in [0.15, 0.2) is 0 Å². The summed E-state index contributed by atoms with van der Waals surface area (Å²) in [6, 6.07) is 8.89. The summed E-state index contributed by atoms with van der Waals surface area (Å²) in [5.74, 6) is -0.0290. The normalized spacial score (nSPS) is 14.1. The molecule has 2 atom stereocenters. The quantitative estimate of drug-likeness (QED) is 0.744. The van der Waals surface area contributed by atoms with E-state index in [4.69, 9.17) is 14.6 Å². The van der Waals surface area contributed by atoms with Crippen molar-refractivity contribution >= 4 is 5.97 Å². The van der Waals surface area contributed by atoms with Crippen LogP contribution in [-0.2, 0) is 9.47 Å². The second kappa shape index (κ2) is 8.72. The molecule has 0 saturated heterocycles. The minimum atomic E-state index is -0.343. The van der Waals surface area contributed by atoms with E-state index in [1.165, 1.54) is 0 Å². The van der Waals surface area contributed by atoms with Crippen molar-refractivity contribution in [3.8, 4) is 0 Å². The lowest BCUT2D eigenvalue weighted by atomic mass is 10.0. The Kier molecular flexibility index (Phi) is 7.26. The molecule has 0 amide bonds. The molecule has 20 heavy (non-hydrogen) atoms. The average molecular weight is 280 g/mol. The molecule has 0 aliphatic heterocycles. The van der Waals surface area contributed by atoms with Crippen LogP contribution >= 0.6 is 0 Å². The second-order valence-corrected chi connectivity index (χ2v) is 5.21. The van der Waals surface area contributed by atoms with Crippen molar-refractivity contribution < 1.29 is 19.4 Å². The molecule has 1 unspecified atom stereocenters. The molecule has 112 valence electrons. The van der Waals surface area contributed by atoms with Gasteiger partial charge in [-0.1, -0.05) is 32.0 Å². The van der Waals surface area contributed by atoms with E-state index >= 15 is 0 Å². The first kappa shape index (κ1) is 16.7. The molecule has 0 bridgehead atoms. The molecule has 0 aromatic heterocycles. The van der Waals surface area contributed by atoms with Crippen LogP contribution in [0.5, 0.6) is 0 Å². The maximum absolute atomic E-state index is 11.8. The molecule has 4 heteroatoms. The first-order chi connectivity index (χ1) is 9.54. The van der Waals surface area contributed by atoms with Crippen LogP contribution in [0.4, 0.5) is 0 Å². The van der Waals surface area contributed by atoms with Gasteiger partial charge in [-0.2, -0.15) is 0 Å². The number of ether oxygens (including phenoxy) is 2. The Balaban J connectivity index is 2.39. The average Bonchev–Trinajstić information content (AvgIpc) is 2.45. The highest BCUT2D eigenvalue weighted by molar-refractivity contribution is 5.89. The number of hydrogen-bond acceptors (Lipinski definition) is 4. The summed E-state index contributed by atoms with van der Waals surface area (Å²) < 4.78 is 11.0. The highest BCUT2D eigenvalue weighted by Crippen LogP contribution is 2.13. The number of aliphatic hydroxyl groups is 1. The van der Waals surface area contributed by atoms with Crippen molar-refractivity contribution in [1.29, 1.82) is 0 Å². The van der Waals surface area contributed by atoms with E-state index in [2.05, 4.69) is 0 Å². The molecule has 0 aliphatic rings. The SMILES string of the molecule is CC(C)C(CCO)O[C@@H](C)COC(=O)c1ccccc1. The molecule has 0 spiro atoms. The molecule has 0 fully saturated rings. The predicted molar refractivity (Wildman–Crippen MR) is 77.6 cm³/mol. The van der Waals surface area contributed by atoms with Crippen LogP contribution in [0.1, 0.15) is 37.6 Å². The smallest absolute Gasteiger partial charge is 0.338 e. The summed E-state index contributed by atoms with van der Waals surface area (Å²) in [4.78, 5) is 11.8. The molecule has 0 aliphatic carbocycles. The van der Waals surface area contributed by atoms with E-state index in [0.717, 1.165) is 0 Å². The van der Waals surface area contributed by atoms with Crippen LogP contribution in [0.15, 0.2) is 30.3 Å². The molecule has 1 aromatic rings. The van der Waals surface area contributed by atoms with Crippen molar-refractivity contribution in [2.75, 3.05) is 13.2 Å². The molecule has 1 rings (SSSR count). The number of esters is 1. The topological polar surface area (TPSA) is 55.8 Å². The summed E-state index contributed by atoms with van der Waals surface area (Å²) in [7, 11) is 0. The van der Waals surface area contributed by atoms with Crippen LogP contribution in [-0.4, -0.2) is 36.5 Å². The molecule has 0 heterocycles. The number of benzene rings is 1. The first-order valence-electron chi connectivity index (χ1n) is 7.03. The van der Waals surface area contributed by atoms with Gasteiger partial charge in [0.1, 0.15) is 6.61 Å². The lowest BCUT2D eigenvalue weighted by Gasteiger charge is -2.24. The summed E-state index contributed by atoms with van der Waals surface area (Å²) >= 11 is 0. The van der Waals surface area contributed by atoms with E-state index in [1.54, 1.807) is 24.3 Å². The molecular weight excluding hydrogens is 256 g/mol. The Hall–Kier alpha value is -1.39. The van der Waals surface area contributed by atoms with Crippen molar-refractivity contribution in [3.63, 3.8) is 0 Å². The van der Waals surface area contributed by atoms with Gasteiger partial charge in [0, 0.05) is 6.61 Å². The van der Waals surface area contributed by atoms with Crippen molar-refractivity contribution in [3.05, 3.63) is 35.9 Å². The molecule has 1 aromatic carbocycles. The third-order valence-electron chi connectivity index (χ3n) is 3.02. The number of hydrogen-bond donors (Lipinski definition) is 1. The fourth-order valence-electron chi connectivity index (χ4n) is 1.87. The van der Waals surface area contributed by atoms with Crippen LogP contribution in [0.3, 0.4) is 0 Å². The van der Waals surface area contributed by atoms with Gasteiger partial charge < -0.3 is 14.6 Å². The van der Waals surface area contributed by atoms with Crippen molar-refractivity contribution in [1.82, 2.24) is 0 Å². The number of rotatable bonds is 8. The van der Waals surface area contributed by atoms with Gasteiger partial charge in [-0.15, -0.1) is 0 Å².